The van der Waals surface area contributed by atoms with Crippen LogP contribution in [0.1, 0.15) is 11.7 Å². The average Bonchev–Trinajstić information content (AvgIpc) is 2.30. The number of benzene rings is 1. The van der Waals surface area contributed by atoms with Crippen LogP contribution in [0.5, 0.6) is 0 Å². The minimum absolute atomic E-state index is 0.328. The topological polar surface area (TPSA) is 23.9 Å². The molecule has 1 aliphatic carbocycles. The van der Waals surface area contributed by atoms with Crippen LogP contribution in [0, 0.1) is 11.3 Å². The highest BCUT2D eigenvalue weighted by Gasteiger charge is 2.23. The summed E-state index contributed by atoms with van der Waals surface area (Å²) < 4.78 is 14.0. The van der Waals surface area contributed by atoms with Crippen LogP contribution in [0.15, 0.2) is 54.6 Å². The second kappa shape index (κ2) is 4.22. The minimum atomic E-state index is -1.13. The molecule has 1 aliphatic rings. The maximum Gasteiger partial charge on any atom is 0.137 e. The van der Waals surface area contributed by atoms with Gasteiger partial charge >= 0.3 is 0 Å². The van der Waals surface area contributed by atoms with Gasteiger partial charge in [-0.3, -0.25) is 0 Å². The van der Waals surface area contributed by atoms with E-state index in [4.69, 9.17) is 5.41 Å². The summed E-state index contributed by atoms with van der Waals surface area (Å²) in [4.78, 5) is 0. The number of hydrogen-bond donors (Lipinski definition) is 1. The molecule has 0 radical (unpaired) electrons. The fourth-order valence-electron chi connectivity index (χ4n) is 1.66. The summed E-state index contributed by atoms with van der Waals surface area (Å²) in [5.41, 5.74) is 0.959. The highest BCUT2D eigenvalue weighted by Crippen LogP contribution is 2.29. The molecule has 2 heteroatoms. The predicted octanol–water partition coefficient (Wildman–Crippen LogP) is 3.46. The average molecular weight is 201 g/mol. The van der Waals surface area contributed by atoms with E-state index < -0.39 is 12.1 Å². The third kappa shape index (κ3) is 2.04. The first-order valence-corrected chi connectivity index (χ1v) is 4.91. The first kappa shape index (κ1) is 9.84. The van der Waals surface area contributed by atoms with E-state index in [1.807, 2.05) is 18.2 Å². The summed E-state index contributed by atoms with van der Waals surface area (Å²) in [5, 5.41) is 7.65. The predicted molar refractivity (Wildman–Crippen MR) is 59.8 cm³/mol. The molecule has 1 aromatic rings. The lowest BCUT2D eigenvalue weighted by Gasteiger charge is -2.19. The van der Waals surface area contributed by atoms with Crippen molar-refractivity contribution in [3.8, 4) is 0 Å². The Hall–Kier alpha value is -1.70. The van der Waals surface area contributed by atoms with Gasteiger partial charge in [-0.1, -0.05) is 48.6 Å². The van der Waals surface area contributed by atoms with Gasteiger partial charge in [0.05, 0.1) is 5.92 Å². The van der Waals surface area contributed by atoms with Gasteiger partial charge in [-0.15, -0.1) is 0 Å². The maximum absolute atomic E-state index is 14.0. The summed E-state index contributed by atoms with van der Waals surface area (Å²) in [6.45, 7) is 0. The van der Waals surface area contributed by atoms with E-state index in [1.54, 1.807) is 36.4 Å². The van der Waals surface area contributed by atoms with Crippen molar-refractivity contribution in [1.82, 2.24) is 0 Å². The van der Waals surface area contributed by atoms with Crippen molar-refractivity contribution in [3.63, 3.8) is 0 Å². The highest BCUT2D eigenvalue weighted by atomic mass is 19.1. The first-order chi connectivity index (χ1) is 7.29. The molecule has 1 N–H and O–H groups in total. The van der Waals surface area contributed by atoms with Gasteiger partial charge in [-0.2, -0.15) is 0 Å². The van der Waals surface area contributed by atoms with Crippen LogP contribution in [0.4, 0.5) is 4.39 Å². The van der Waals surface area contributed by atoms with E-state index in [0.29, 0.717) is 11.3 Å². The lowest BCUT2D eigenvalue weighted by atomic mass is 9.90. The van der Waals surface area contributed by atoms with Crippen LogP contribution in [0.2, 0.25) is 0 Å². The molecule has 0 fully saturated rings. The van der Waals surface area contributed by atoms with E-state index in [-0.39, 0.29) is 0 Å². The summed E-state index contributed by atoms with van der Waals surface area (Å²) in [7, 11) is 0. The third-order valence-corrected chi connectivity index (χ3v) is 2.50. The van der Waals surface area contributed by atoms with Crippen molar-refractivity contribution in [2.45, 2.75) is 6.17 Å². The number of halogens is 1. The molecule has 2 rings (SSSR count). The van der Waals surface area contributed by atoms with Crippen LogP contribution in [-0.2, 0) is 0 Å². The lowest BCUT2D eigenvalue weighted by molar-refractivity contribution is 0.312. The van der Waals surface area contributed by atoms with Crippen LogP contribution in [0.3, 0.4) is 0 Å². The number of alkyl halides is 1. The van der Waals surface area contributed by atoms with Gasteiger partial charge in [-0.05, 0) is 11.6 Å². The lowest BCUT2D eigenvalue weighted by Crippen LogP contribution is -2.16. The molecule has 2 unspecified atom stereocenters. The van der Waals surface area contributed by atoms with Gasteiger partial charge in [0.2, 0.25) is 0 Å². The monoisotopic (exact) mass is 201 g/mol. The van der Waals surface area contributed by atoms with E-state index in [9.17, 15) is 4.39 Å². The highest BCUT2D eigenvalue weighted by molar-refractivity contribution is 5.97. The van der Waals surface area contributed by atoms with Crippen LogP contribution in [0.25, 0.3) is 0 Å². The molecule has 15 heavy (non-hydrogen) atoms. The Kier molecular flexibility index (Phi) is 2.77. The van der Waals surface area contributed by atoms with Crippen LogP contribution >= 0.6 is 0 Å². The van der Waals surface area contributed by atoms with Crippen molar-refractivity contribution in [2.75, 3.05) is 0 Å². The summed E-state index contributed by atoms with van der Waals surface area (Å²) >= 11 is 0. The second-order valence-electron chi connectivity index (χ2n) is 3.54. The molecule has 0 amide bonds. The zero-order chi connectivity index (χ0) is 10.7. The number of nitrogens with one attached hydrogen (secondary N) is 1. The molecule has 2 atom stereocenters. The summed E-state index contributed by atoms with van der Waals surface area (Å²) in [6.07, 6.45) is 5.80. The Morgan fingerprint density at radius 3 is 2.53 bits per heavy atom. The van der Waals surface area contributed by atoms with Gasteiger partial charge in [-0.25, -0.2) is 4.39 Å². The number of rotatable bonds is 2. The van der Waals surface area contributed by atoms with Gasteiger partial charge < -0.3 is 5.41 Å². The van der Waals surface area contributed by atoms with Crippen molar-refractivity contribution in [1.29, 1.82) is 5.41 Å². The molecule has 0 aromatic heterocycles. The van der Waals surface area contributed by atoms with Crippen molar-refractivity contribution >= 4 is 5.71 Å². The maximum atomic E-state index is 14.0. The molecule has 1 aromatic carbocycles. The smallest absolute Gasteiger partial charge is 0.137 e. The summed E-state index contributed by atoms with van der Waals surface area (Å²) in [5.74, 6) is -0.447. The Morgan fingerprint density at radius 2 is 1.87 bits per heavy atom. The fourth-order valence-corrected chi connectivity index (χ4v) is 1.66. The molecule has 1 nitrogen and oxygen atoms in total. The molecule has 76 valence electrons. The van der Waals surface area contributed by atoms with Crippen molar-refractivity contribution in [2.24, 2.45) is 5.92 Å². The minimum Gasteiger partial charge on any atom is -0.305 e. The van der Waals surface area contributed by atoms with Crippen molar-refractivity contribution in [3.05, 3.63) is 60.2 Å². The van der Waals surface area contributed by atoms with E-state index in [2.05, 4.69) is 0 Å². The van der Waals surface area contributed by atoms with Crippen LogP contribution < -0.4 is 0 Å². The zero-order valence-electron chi connectivity index (χ0n) is 8.23. The van der Waals surface area contributed by atoms with Gasteiger partial charge in [0.1, 0.15) is 6.17 Å². The SMILES string of the molecule is N=C1C=CC=CC1C(F)c1ccccc1. The Bertz CT molecular complexity index is 406. The fraction of sp³-hybridized carbons (Fsp3) is 0.154. The standard InChI is InChI=1S/C13H12FN/c14-13(10-6-2-1-3-7-10)11-8-4-5-9-12(11)15/h1-9,11,13,15H. The molecule has 0 saturated heterocycles. The van der Waals surface area contributed by atoms with Crippen LogP contribution in [-0.4, -0.2) is 5.71 Å². The Balaban J connectivity index is 2.22. The zero-order valence-corrected chi connectivity index (χ0v) is 8.23. The largest absolute Gasteiger partial charge is 0.305 e. The molecule has 0 saturated carbocycles. The van der Waals surface area contributed by atoms with Gasteiger partial charge in [0, 0.05) is 5.71 Å². The molecule has 0 bridgehead atoms. The molecule has 0 spiro atoms. The quantitative estimate of drug-likeness (QED) is 0.757. The first-order valence-electron chi connectivity index (χ1n) is 4.91. The second-order valence-corrected chi connectivity index (χ2v) is 3.54. The van der Waals surface area contributed by atoms with E-state index in [1.165, 1.54) is 0 Å². The Morgan fingerprint density at radius 1 is 1.13 bits per heavy atom. The number of hydrogen-bond acceptors (Lipinski definition) is 1. The Labute approximate surface area is 88.5 Å². The molecular formula is C13H12FN. The van der Waals surface area contributed by atoms with Crippen molar-refractivity contribution < 1.29 is 4.39 Å². The molecule has 0 heterocycles. The third-order valence-electron chi connectivity index (χ3n) is 2.50. The number of allylic oxidation sites excluding steroid dienone is 4. The summed E-state index contributed by atoms with van der Waals surface area (Å²) in [6, 6.07) is 8.99. The molecular weight excluding hydrogens is 189 g/mol. The van der Waals surface area contributed by atoms with E-state index >= 15 is 0 Å². The van der Waals surface area contributed by atoms with Gasteiger partial charge in [0.25, 0.3) is 0 Å². The van der Waals surface area contributed by atoms with E-state index in [0.717, 1.165) is 0 Å². The molecule has 0 aliphatic heterocycles. The van der Waals surface area contributed by atoms with Gasteiger partial charge in [0.15, 0.2) is 0 Å². The normalized spacial score (nSPS) is 21.7.